The van der Waals surface area contributed by atoms with Gasteiger partial charge in [-0.3, -0.25) is 4.79 Å². The molecule has 0 fully saturated rings. The van der Waals surface area contributed by atoms with E-state index in [4.69, 9.17) is 4.74 Å². The first-order valence-corrected chi connectivity index (χ1v) is 6.19. The number of aromatic nitrogens is 1. The maximum absolute atomic E-state index is 11.8. The highest BCUT2D eigenvalue weighted by Gasteiger charge is 2.15. The van der Waals surface area contributed by atoms with Crippen LogP contribution in [0.25, 0.3) is 10.2 Å². The zero-order valence-corrected chi connectivity index (χ0v) is 10.5. The first-order chi connectivity index (χ1) is 8.09. The van der Waals surface area contributed by atoms with E-state index in [1.807, 2.05) is 26.0 Å². The third-order valence-electron chi connectivity index (χ3n) is 2.21. The highest BCUT2D eigenvalue weighted by molar-refractivity contribution is 7.16. The van der Waals surface area contributed by atoms with Gasteiger partial charge < -0.3 is 4.74 Å². The minimum Gasteiger partial charge on any atom is -0.449 e. The first kappa shape index (κ1) is 11.9. The van der Waals surface area contributed by atoms with Crippen LogP contribution in [0, 0.1) is 5.92 Å². The summed E-state index contributed by atoms with van der Waals surface area (Å²) >= 11 is 1.05. The fraction of sp³-hybridized carbons (Fsp3) is 0.333. The summed E-state index contributed by atoms with van der Waals surface area (Å²) < 4.78 is 6.94. The molecule has 0 amide bonds. The molecule has 0 N–H and O–H groups in total. The molecular formula is C12H13NO3S. The topological polar surface area (TPSA) is 48.3 Å². The van der Waals surface area contributed by atoms with E-state index < -0.39 is 6.09 Å². The molecule has 2 aromatic rings. The molecule has 5 heteroatoms. The molecular weight excluding hydrogens is 238 g/mol. The number of carbonyl (C=O) groups excluding carboxylic acids is 1. The number of para-hydroxylation sites is 1. The minimum absolute atomic E-state index is 0.250. The van der Waals surface area contributed by atoms with E-state index in [2.05, 4.69) is 0 Å². The average Bonchev–Trinajstić information content (AvgIpc) is 2.61. The third kappa shape index (κ3) is 2.39. The van der Waals surface area contributed by atoms with Crippen molar-refractivity contribution in [1.29, 1.82) is 0 Å². The Morgan fingerprint density at radius 1 is 1.41 bits per heavy atom. The van der Waals surface area contributed by atoms with Crippen LogP contribution in [0.15, 0.2) is 29.1 Å². The molecule has 0 radical (unpaired) electrons. The zero-order chi connectivity index (χ0) is 12.4. The number of thiazole rings is 1. The molecule has 17 heavy (non-hydrogen) atoms. The number of hydrogen-bond acceptors (Lipinski definition) is 4. The maximum Gasteiger partial charge on any atom is 0.422 e. The van der Waals surface area contributed by atoms with Crippen LogP contribution >= 0.6 is 11.3 Å². The lowest BCUT2D eigenvalue weighted by Crippen LogP contribution is -2.24. The Balaban J connectivity index is 2.38. The second kappa shape index (κ2) is 4.71. The summed E-state index contributed by atoms with van der Waals surface area (Å²) in [5.41, 5.74) is 0.608. The predicted octanol–water partition coefficient (Wildman–Crippen LogP) is 2.70. The maximum atomic E-state index is 11.8. The lowest BCUT2D eigenvalue weighted by molar-refractivity contribution is 0.135. The number of fused-ring (bicyclic) bond motifs is 1. The fourth-order valence-electron chi connectivity index (χ4n) is 1.44. The summed E-state index contributed by atoms with van der Waals surface area (Å²) in [5.74, 6) is 0.250. The number of ether oxygens (including phenoxy) is 1. The Morgan fingerprint density at radius 3 is 2.82 bits per heavy atom. The van der Waals surface area contributed by atoms with E-state index in [0.29, 0.717) is 12.1 Å². The molecule has 0 aliphatic heterocycles. The number of nitrogens with zero attached hydrogens (tertiary/aromatic N) is 1. The van der Waals surface area contributed by atoms with Crippen molar-refractivity contribution in [2.45, 2.75) is 13.8 Å². The Labute approximate surface area is 102 Å². The normalized spacial score (nSPS) is 11.0. The number of benzene rings is 1. The van der Waals surface area contributed by atoms with Gasteiger partial charge in [0.1, 0.15) is 0 Å². The van der Waals surface area contributed by atoms with Crippen molar-refractivity contribution in [3.8, 4) is 0 Å². The minimum atomic E-state index is -0.596. The second-order valence-corrected chi connectivity index (χ2v) is 5.14. The van der Waals surface area contributed by atoms with Gasteiger partial charge >= 0.3 is 11.0 Å². The number of carbonyl (C=O) groups is 1. The molecule has 1 aromatic carbocycles. The van der Waals surface area contributed by atoms with Crippen molar-refractivity contribution in [2.75, 3.05) is 6.61 Å². The molecule has 1 heterocycles. The smallest absolute Gasteiger partial charge is 0.422 e. The summed E-state index contributed by atoms with van der Waals surface area (Å²) in [4.78, 5) is 23.2. The van der Waals surface area contributed by atoms with Gasteiger partial charge in [0.05, 0.1) is 16.8 Å². The van der Waals surface area contributed by atoms with Crippen molar-refractivity contribution in [1.82, 2.24) is 4.57 Å². The molecule has 2 rings (SSSR count). The molecule has 0 bridgehead atoms. The molecule has 0 spiro atoms. The SMILES string of the molecule is CC(C)COC(=O)n1c(=O)sc2ccccc21. The second-order valence-electron chi connectivity index (χ2n) is 4.14. The van der Waals surface area contributed by atoms with Gasteiger partial charge in [-0.25, -0.2) is 9.36 Å². The summed E-state index contributed by atoms with van der Waals surface area (Å²) in [7, 11) is 0. The van der Waals surface area contributed by atoms with E-state index in [9.17, 15) is 9.59 Å². The zero-order valence-electron chi connectivity index (χ0n) is 9.67. The molecule has 1 aromatic heterocycles. The fourth-order valence-corrected chi connectivity index (χ4v) is 2.30. The Kier molecular flexibility index (Phi) is 3.28. The van der Waals surface area contributed by atoms with E-state index in [-0.39, 0.29) is 10.8 Å². The third-order valence-corrected chi connectivity index (χ3v) is 3.13. The van der Waals surface area contributed by atoms with Gasteiger partial charge in [-0.2, -0.15) is 0 Å². The van der Waals surface area contributed by atoms with Crippen LogP contribution in [0.2, 0.25) is 0 Å². The van der Waals surface area contributed by atoms with Gasteiger partial charge in [0.15, 0.2) is 0 Å². The van der Waals surface area contributed by atoms with E-state index in [1.54, 1.807) is 12.1 Å². The summed E-state index contributed by atoms with van der Waals surface area (Å²) in [6.07, 6.45) is -0.596. The molecule has 0 unspecified atom stereocenters. The lowest BCUT2D eigenvalue weighted by Gasteiger charge is -2.07. The molecule has 0 saturated heterocycles. The predicted molar refractivity (Wildman–Crippen MR) is 67.7 cm³/mol. The van der Waals surface area contributed by atoms with E-state index in [1.165, 1.54) is 0 Å². The van der Waals surface area contributed by atoms with Gasteiger partial charge in [-0.15, -0.1) is 0 Å². The molecule has 0 atom stereocenters. The molecule has 4 nitrogen and oxygen atoms in total. The summed E-state index contributed by atoms with van der Waals surface area (Å²) in [6.45, 7) is 4.21. The number of hydrogen-bond donors (Lipinski definition) is 0. The summed E-state index contributed by atoms with van der Waals surface area (Å²) in [6, 6.07) is 7.18. The van der Waals surface area contributed by atoms with Crippen molar-refractivity contribution in [2.24, 2.45) is 5.92 Å². The Bertz CT molecular complexity index is 597. The van der Waals surface area contributed by atoms with Crippen LogP contribution in [0.5, 0.6) is 0 Å². The summed E-state index contributed by atoms with van der Waals surface area (Å²) in [5, 5.41) is 0. The Morgan fingerprint density at radius 2 is 2.12 bits per heavy atom. The van der Waals surface area contributed by atoms with Crippen molar-refractivity contribution < 1.29 is 9.53 Å². The van der Waals surface area contributed by atoms with Crippen LogP contribution < -0.4 is 4.87 Å². The van der Waals surface area contributed by atoms with Crippen molar-refractivity contribution in [3.05, 3.63) is 33.9 Å². The Hall–Kier alpha value is -1.62. The van der Waals surface area contributed by atoms with Crippen LogP contribution in [0.4, 0.5) is 4.79 Å². The quantitative estimate of drug-likeness (QED) is 0.824. The van der Waals surface area contributed by atoms with Crippen molar-refractivity contribution in [3.63, 3.8) is 0 Å². The van der Waals surface area contributed by atoms with Crippen LogP contribution in [-0.4, -0.2) is 17.3 Å². The average molecular weight is 251 g/mol. The first-order valence-electron chi connectivity index (χ1n) is 5.37. The van der Waals surface area contributed by atoms with Gasteiger partial charge in [0.25, 0.3) is 0 Å². The van der Waals surface area contributed by atoms with Crippen LogP contribution in [0.1, 0.15) is 13.8 Å². The van der Waals surface area contributed by atoms with Gasteiger partial charge in [0, 0.05) is 0 Å². The van der Waals surface area contributed by atoms with Crippen molar-refractivity contribution >= 4 is 27.6 Å². The molecule has 0 aliphatic carbocycles. The standard InChI is InChI=1S/C12H13NO3S/c1-8(2)7-16-11(14)13-9-5-3-4-6-10(9)17-12(13)15/h3-6,8H,7H2,1-2H3. The van der Waals surface area contributed by atoms with Gasteiger partial charge in [0.2, 0.25) is 0 Å². The lowest BCUT2D eigenvalue weighted by atomic mass is 10.2. The van der Waals surface area contributed by atoms with Crippen LogP contribution in [-0.2, 0) is 4.74 Å². The van der Waals surface area contributed by atoms with Crippen LogP contribution in [0.3, 0.4) is 0 Å². The molecule has 0 saturated carbocycles. The highest BCUT2D eigenvalue weighted by Crippen LogP contribution is 2.16. The van der Waals surface area contributed by atoms with E-state index >= 15 is 0 Å². The number of rotatable bonds is 2. The largest absolute Gasteiger partial charge is 0.449 e. The van der Waals surface area contributed by atoms with Gasteiger partial charge in [-0.1, -0.05) is 37.3 Å². The monoisotopic (exact) mass is 251 g/mol. The molecule has 90 valence electrons. The van der Waals surface area contributed by atoms with Gasteiger partial charge in [-0.05, 0) is 18.1 Å². The van der Waals surface area contributed by atoms with E-state index in [0.717, 1.165) is 20.6 Å². The highest BCUT2D eigenvalue weighted by atomic mass is 32.1. The molecule has 0 aliphatic rings.